The lowest BCUT2D eigenvalue weighted by Crippen LogP contribution is -2.34. The number of hydrogen-bond acceptors (Lipinski definition) is 6. The molecule has 0 saturated carbocycles. The highest BCUT2D eigenvalue weighted by Crippen LogP contribution is 2.21. The Labute approximate surface area is 114 Å². The van der Waals surface area contributed by atoms with Crippen LogP contribution in [0.4, 0.5) is 11.6 Å². The molecule has 0 amide bonds. The lowest BCUT2D eigenvalue weighted by Gasteiger charge is -2.26. The van der Waals surface area contributed by atoms with Crippen molar-refractivity contribution in [2.45, 2.75) is 12.5 Å². The van der Waals surface area contributed by atoms with E-state index in [1.807, 2.05) is 18.0 Å². The Kier molecular flexibility index (Phi) is 4.17. The topological polar surface area (TPSA) is 59.3 Å². The Morgan fingerprint density at radius 2 is 2.16 bits per heavy atom. The summed E-state index contributed by atoms with van der Waals surface area (Å²) in [6, 6.07) is 4.56. The molecule has 0 bridgehead atoms. The van der Waals surface area contributed by atoms with E-state index in [0.717, 1.165) is 31.1 Å². The van der Waals surface area contributed by atoms with Crippen LogP contribution in [-0.2, 0) is 0 Å². The van der Waals surface area contributed by atoms with Gasteiger partial charge in [0.1, 0.15) is 24.5 Å². The second-order valence-electron chi connectivity index (χ2n) is 5.06. The van der Waals surface area contributed by atoms with E-state index in [9.17, 15) is 0 Å². The zero-order valence-corrected chi connectivity index (χ0v) is 11.7. The van der Waals surface area contributed by atoms with Crippen molar-refractivity contribution >= 4 is 11.6 Å². The van der Waals surface area contributed by atoms with Crippen molar-refractivity contribution in [2.75, 3.05) is 50.6 Å². The monoisotopic (exact) mass is 260 g/mol. The van der Waals surface area contributed by atoms with Gasteiger partial charge in [0, 0.05) is 32.7 Å². The Morgan fingerprint density at radius 3 is 2.79 bits per heavy atom. The molecule has 102 valence electrons. The fourth-order valence-electron chi connectivity index (χ4n) is 2.34. The van der Waals surface area contributed by atoms with Gasteiger partial charge in [0.2, 0.25) is 0 Å². The van der Waals surface area contributed by atoms with Crippen molar-refractivity contribution in [3.05, 3.63) is 12.4 Å². The first-order chi connectivity index (χ1) is 9.11. The zero-order chi connectivity index (χ0) is 13.8. The third kappa shape index (κ3) is 3.12. The minimum atomic E-state index is 0.326. The molecule has 0 radical (unpaired) electrons. The smallest absolute Gasteiger partial charge is 0.134 e. The SMILES string of the molecule is CN1CCC(N(C)c2cc(N(C)CC#N)ncn2)C1. The summed E-state index contributed by atoms with van der Waals surface area (Å²) in [7, 11) is 6.07. The lowest BCUT2D eigenvalue weighted by atomic mass is 10.2. The third-order valence-electron chi connectivity index (χ3n) is 3.61. The van der Waals surface area contributed by atoms with Gasteiger partial charge in [-0.15, -0.1) is 0 Å². The van der Waals surface area contributed by atoms with E-state index in [1.54, 1.807) is 6.33 Å². The van der Waals surface area contributed by atoms with Crippen molar-refractivity contribution < 1.29 is 0 Å². The van der Waals surface area contributed by atoms with Crippen LogP contribution in [0.25, 0.3) is 0 Å². The molecule has 0 N–H and O–H groups in total. The molecule has 1 atom stereocenters. The van der Waals surface area contributed by atoms with Gasteiger partial charge in [-0.3, -0.25) is 0 Å². The molecule has 1 aliphatic heterocycles. The van der Waals surface area contributed by atoms with E-state index in [4.69, 9.17) is 5.26 Å². The molecule has 0 spiro atoms. The zero-order valence-electron chi connectivity index (χ0n) is 11.7. The standard InChI is InChI=1S/C13H20N6/c1-17-6-4-11(9-17)19(3)13-8-12(15-10-16-13)18(2)7-5-14/h8,10-11H,4,6-7,9H2,1-3H3. The van der Waals surface area contributed by atoms with Gasteiger partial charge in [-0.1, -0.05) is 0 Å². The van der Waals surface area contributed by atoms with Crippen LogP contribution in [0.1, 0.15) is 6.42 Å². The number of aromatic nitrogens is 2. The molecule has 2 heterocycles. The Hall–Kier alpha value is -1.87. The number of likely N-dealkylation sites (N-methyl/N-ethyl adjacent to an activating group) is 2. The van der Waals surface area contributed by atoms with Crippen molar-refractivity contribution in [2.24, 2.45) is 0 Å². The predicted octanol–water partition coefficient (Wildman–Crippen LogP) is 0.577. The van der Waals surface area contributed by atoms with E-state index in [1.165, 1.54) is 0 Å². The second-order valence-corrected chi connectivity index (χ2v) is 5.06. The fourth-order valence-corrected chi connectivity index (χ4v) is 2.34. The Bertz CT molecular complexity index is 468. The first-order valence-electron chi connectivity index (χ1n) is 6.43. The van der Waals surface area contributed by atoms with Crippen molar-refractivity contribution in [1.82, 2.24) is 14.9 Å². The highest BCUT2D eigenvalue weighted by Gasteiger charge is 2.24. The van der Waals surface area contributed by atoms with Crippen LogP contribution < -0.4 is 9.80 Å². The molecule has 6 heteroatoms. The van der Waals surface area contributed by atoms with E-state index in [0.29, 0.717) is 12.6 Å². The fraction of sp³-hybridized carbons (Fsp3) is 0.615. The molecule has 6 nitrogen and oxygen atoms in total. The molecule has 1 aromatic rings. The molecular weight excluding hydrogens is 240 g/mol. The minimum absolute atomic E-state index is 0.326. The summed E-state index contributed by atoms with van der Waals surface area (Å²) in [6.07, 6.45) is 2.72. The van der Waals surface area contributed by atoms with Crippen molar-refractivity contribution in [3.8, 4) is 6.07 Å². The molecule has 1 unspecified atom stereocenters. The van der Waals surface area contributed by atoms with Gasteiger partial charge >= 0.3 is 0 Å². The largest absolute Gasteiger partial charge is 0.355 e. The van der Waals surface area contributed by atoms with Gasteiger partial charge in [0.25, 0.3) is 0 Å². The number of anilines is 2. The van der Waals surface area contributed by atoms with Gasteiger partial charge in [0.15, 0.2) is 0 Å². The van der Waals surface area contributed by atoms with Crippen LogP contribution in [0, 0.1) is 11.3 Å². The van der Waals surface area contributed by atoms with Crippen LogP contribution in [0.2, 0.25) is 0 Å². The molecule has 1 aromatic heterocycles. The summed E-state index contributed by atoms with van der Waals surface area (Å²) in [4.78, 5) is 14.9. The maximum Gasteiger partial charge on any atom is 0.134 e. The maximum atomic E-state index is 8.73. The number of likely N-dealkylation sites (tertiary alicyclic amines) is 1. The summed E-state index contributed by atoms with van der Waals surface area (Å²) in [5.41, 5.74) is 0. The molecule has 0 aromatic carbocycles. The van der Waals surface area contributed by atoms with Crippen LogP contribution in [0.3, 0.4) is 0 Å². The quantitative estimate of drug-likeness (QED) is 0.738. The summed E-state index contributed by atoms with van der Waals surface area (Å²) in [5, 5.41) is 8.73. The number of hydrogen-bond donors (Lipinski definition) is 0. The number of nitrogens with zero attached hydrogens (tertiary/aromatic N) is 6. The van der Waals surface area contributed by atoms with E-state index >= 15 is 0 Å². The molecule has 1 saturated heterocycles. The predicted molar refractivity (Wildman–Crippen MR) is 75.2 cm³/mol. The summed E-state index contributed by atoms with van der Waals surface area (Å²) in [5.74, 6) is 1.69. The molecule has 19 heavy (non-hydrogen) atoms. The molecule has 1 aliphatic rings. The van der Waals surface area contributed by atoms with Gasteiger partial charge in [0.05, 0.1) is 6.07 Å². The average molecular weight is 260 g/mol. The third-order valence-corrected chi connectivity index (χ3v) is 3.61. The van der Waals surface area contributed by atoms with Gasteiger partial charge in [-0.05, 0) is 20.0 Å². The van der Waals surface area contributed by atoms with Gasteiger partial charge < -0.3 is 14.7 Å². The Balaban J connectivity index is 2.12. The Morgan fingerprint density at radius 1 is 1.42 bits per heavy atom. The van der Waals surface area contributed by atoms with Gasteiger partial charge in [-0.2, -0.15) is 5.26 Å². The normalized spacial score (nSPS) is 19.2. The molecule has 2 rings (SSSR count). The van der Waals surface area contributed by atoms with E-state index < -0.39 is 0 Å². The van der Waals surface area contributed by atoms with Crippen LogP contribution >= 0.6 is 0 Å². The number of nitriles is 1. The average Bonchev–Trinajstić information content (AvgIpc) is 2.85. The second kappa shape index (κ2) is 5.85. The van der Waals surface area contributed by atoms with E-state index in [2.05, 4.69) is 39.9 Å². The van der Waals surface area contributed by atoms with Crippen LogP contribution in [-0.4, -0.2) is 61.7 Å². The molecule has 1 fully saturated rings. The summed E-state index contributed by atoms with van der Waals surface area (Å²) >= 11 is 0. The molecular formula is C13H20N6. The summed E-state index contributed by atoms with van der Waals surface area (Å²) < 4.78 is 0. The number of rotatable bonds is 4. The van der Waals surface area contributed by atoms with Crippen molar-refractivity contribution in [3.63, 3.8) is 0 Å². The minimum Gasteiger partial charge on any atom is -0.355 e. The highest BCUT2D eigenvalue weighted by atomic mass is 15.3. The highest BCUT2D eigenvalue weighted by molar-refractivity contribution is 5.50. The summed E-state index contributed by atoms with van der Waals surface area (Å²) in [6.45, 7) is 2.51. The molecule has 0 aliphatic carbocycles. The van der Waals surface area contributed by atoms with Crippen LogP contribution in [0.5, 0.6) is 0 Å². The van der Waals surface area contributed by atoms with Crippen molar-refractivity contribution in [1.29, 1.82) is 5.26 Å². The van der Waals surface area contributed by atoms with E-state index in [-0.39, 0.29) is 0 Å². The maximum absolute atomic E-state index is 8.73. The van der Waals surface area contributed by atoms with Crippen LogP contribution in [0.15, 0.2) is 12.4 Å². The first-order valence-corrected chi connectivity index (χ1v) is 6.43. The van der Waals surface area contributed by atoms with Gasteiger partial charge in [-0.25, -0.2) is 9.97 Å². The first kappa shape index (κ1) is 13.6. The lowest BCUT2D eigenvalue weighted by molar-refractivity contribution is 0.409.